The summed E-state index contributed by atoms with van der Waals surface area (Å²) in [6.07, 6.45) is 3.65. The summed E-state index contributed by atoms with van der Waals surface area (Å²) in [6, 6.07) is 1.88. The van der Waals surface area contributed by atoms with Gasteiger partial charge in [-0.1, -0.05) is 23.1 Å². The van der Waals surface area contributed by atoms with E-state index in [1.165, 1.54) is 11.3 Å². The maximum absolute atomic E-state index is 5.44. The van der Waals surface area contributed by atoms with Gasteiger partial charge in [-0.2, -0.15) is 5.10 Å². The first-order valence-corrected chi connectivity index (χ1v) is 5.34. The van der Waals surface area contributed by atoms with Gasteiger partial charge in [-0.3, -0.25) is 4.68 Å². The van der Waals surface area contributed by atoms with Gasteiger partial charge < -0.3 is 5.73 Å². The van der Waals surface area contributed by atoms with Crippen LogP contribution >= 0.6 is 23.1 Å². The average molecular weight is 213 g/mol. The lowest BCUT2D eigenvalue weighted by Crippen LogP contribution is -1.93. The fourth-order valence-electron chi connectivity index (χ4n) is 0.777. The Hall–Kier alpha value is -1.08. The maximum atomic E-state index is 5.44. The topological polar surface area (TPSA) is 69.6 Å². The quantitative estimate of drug-likeness (QED) is 0.772. The molecule has 0 radical (unpaired) electrons. The largest absolute Gasteiger partial charge is 0.374 e. The minimum absolute atomic E-state index is 0.503. The van der Waals surface area contributed by atoms with E-state index >= 15 is 0 Å². The van der Waals surface area contributed by atoms with Crippen molar-refractivity contribution in [3.8, 4) is 0 Å². The molecule has 0 saturated carbocycles. The van der Waals surface area contributed by atoms with Crippen molar-refractivity contribution in [2.75, 3.05) is 5.73 Å². The third-order valence-corrected chi connectivity index (χ3v) is 3.17. The second-order valence-electron chi connectivity index (χ2n) is 2.23. The van der Waals surface area contributed by atoms with E-state index < -0.39 is 0 Å². The van der Waals surface area contributed by atoms with Gasteiger partial charge in [0.05, 0.1) is 5.88 Å². The molecule has 2 N–H and O–H groups in total. The van der Waals surface area contributed by atoms with Crippen LogP contribution in [0.4, 0.5) is 5.13 Å². The number of nitrogens with zero attached hydrogens (tertiary/aromatic N) is 4. The number of rotatable bonds is 3. The van der Waals surface area contributed by atoms with Crippen molar-refractivity contribution < 1.29 is 0 Å². The van der Waals surface area contributed by atoms with E-state index in [0.717, 1.165) is 10.2 Å². The molecule has 7 heteroatoms. The third-order valence-electron chi connectivity index (χ3n) is 1.30. The fourth-order valence-corrected chi connectivity index (χ4v) is 2.26. The van der Waals surface area contributed by atoms with E-state index in [2.05, 4.69) is 15.3 Å². The highest BCUT2D eigenvalue weighted by Crippen LogP contribution is 2.24. The van der Waals surface area contributed by atoms with Crippen LogP contribution in [0.1, 0.15) is 0 Å². The van der Waals surface area contributed by atoms with E-state index in [1.807, 2.05) is 16.9 Å². The predicted molar refractivity (Wildman–Crippen MR) is 52.4 cm³/mol. The summed E-state index contributed by atoms with van der Waals surface area (Å²) in [6.45, 7) is 0. The van der Waals surface area contributed by atoms with Crippen molar-refractivity contribution >= 4 is 28.2 Å². The molecule has 0 saturated heterocycles. The van der Waals surface area contributed by atoms with Crippen molar-refractivity contribution in [1.29, 1.82) is 0 Å². The molecule has 13 heavy (non-hydrogen) atoms. The van der Waals surface area contributed by atoms with E-state index in [0.29, 0.717) is 5.13 Å². The zero-order valence-corrected chi connectivity index (χ0v) is 8.25. The number of nitrogen functional groups attached to an aromatic ring is 1. The smallest absolute Gasteiger partial charge is 0.203 e. The van der Waals surface area contributed by atoms with Crippen LogP contribution in [0.15, 0.2) is 22.8 Å². The molecule has 0 amide bonds. The Morgan fingerprint density at radius 3 is 3.08 bits per heavy atom. The van der Waals surface area contributed by atoms with E-state index in [1.54, 1.807) is 18.0 Å². The molecular formula is C6H7N5S2. The van der Waals surface area contributed by atoms with Crippen LogP contribution < -0.4 is 5.73 Å². The number of anilines is 1. The van der Waals surface area contributed by atoms with Crippen molar-refractivity contribution in [2.24, 2.45) is 0 Å². The number of nitrogens with two attached hydrogens (primary N) is 1. The molecule has 0 spiro atoms. The van der Waals surface area contributed by atoms with Crippen LogP contribution in [0.5, 0.6) is 0 Å². The van der Waals surface area contributed by atoms with Crippen molar-refractivity contribution in [2.45, 2.75) is 10.2 Å². The fraction of sp³-hybridized carbons (Fsp3) is 0.167. The molecule has 0 atom stereocenters. The minimum Gasteiger partial charge on any atom is -0.374 e. The molecule has 0 aliphatic rings. The SMILES string of the molecule is Nc1nnc(SCn2cccn2)s1. The second kappa shape index (κ2) is 3.75. The number of hydrogen-bond donors (Lipinski definition) is 1. The van der Waals surface area contributed by atoms with Gasteiger partial charge in [-0.05, 0) is 6.07 Å². The van der Waals surface area contributed by atoms with Gasteiger partial charge in [-0.25, -0.2) is 0 Å². The van der Waals surface area contributed by atoms with Crippen molar-refractivity contribution in [3.05, 3.63) is 18.5 Å². The summed E-state index contributed by atoms with van der Waals surface area (Å²) in [7, 11) is 0. The minimum atomic E-state index is 0.503. The highest BCUT2D eigenvalue weighted by molar-refractivity contribution is 8.00. The lowest BCUT2D eigenvalue weighted by Gasteiger charge is -1.95. The number of thioether (sulfide) groups is 1. The van der Waals surface area contributed by atoms with E-state index in [-0.39, 0.29) is 0 Å². The molecule has 0 aliphatic heterocycles. The maximum Gasteiger partial charge on any atom is 0.203 e. The Morgan fingerprint density at radius 1 is 1.54 bits per heavy atom. The summed E-state index contributed by atoms with van der Waals surface area (Å²) in [4.78, 5) is 0. The summed E-state index contributed by atoms with van der Waals surface area (Å²) in [5.74, 6) is 0.738. The molecule has 0 fully saturated rings. The molecule has 68 valence electrons. The standard InChI is InChI=1S/C6H7N5S2/c7-5-9-10-6(13-5)12-4-11-3-1-2-8-11/h1-3H,4H2,(H2,7,9). The molecule has 0 aliphatic carbocycles. The van der Waals surface area contributed by atoms with E-state index in [4.69, 9.17) is 5.73 Å². The predicted octanol–water partition coefficient (Wildman–Crippen LogP) is 1.07. The molecule has 0 aromatic carbocycles. The Labute approximate surface area is 83.0 Å². The first-order chi connectivity index (χ1) is 6.34. The Morgan fingerprint density at radius 2 is 2.46 bits per heavy atom. The van der Waals surface area contributed by atoms with Crippen molar-refractivity contribution in [3.63, 3.8) is 0 Å². The lowest BCUT2D eigenvalue weighted by atomic mass is 10.8. The average Bonchev–Trinajstić information content (AvgIpc) is 2.71. The van der Waals surface area contributed by atoms with Gasteiger partial charge in [-0.15, -0.1) is 10.2 Å². The molecule has 2 aromatic rings. The summed E-state index contributed by atoms with van der Waals surface area (Å²) >= 11 is 2.95. The van der Waals surface area contributed by atoms with Crippen LogP contribution in [0, 0.1) is 0 Å². The highest BCUT2D eigenvalue weighted by Gasteiger charge is 2.01. The monoisotopic (exact) mass is 213 g/mol. The van der Waals surface area contributed by atoms with Crippen LogP contribution in [0.25, 0.3) is 0 Å². The summed E-state index contributed by atoms with van der Waals surface area (Å²) in [5, 5.41) is 12.2. The van der Waals surface area contributed by atoms with Gasteiger partial charge in [0.15, 0.2) is 4.34 Å². The molecule has 5 nitrogen and oxygen atoms in total. The van der Waals surface area contributed by atoms with Crippen LogP contribution in [0.2, 0.25) is 0 Å². The summed E-state index contributed by atoms with van der Waals surface area (Å²) in [5.41, 5.74) is 5.44. The Kier molecular flexibility index (Phi) is 2.46. The van der Waals surface area contributed by atoms with Gasteiger partial charge in [0, 0.05) is 12.4 Å². The van der Waals surface area contributed by atoms with Crippen LogP contribution in [-0.4, -0.2) is 20.0 Å². The first kappa shape index (κ1) is 8.52. The van der Waals surface area contributed by atoms with Crippen molar-refractivity contribution in [1.82, 2.24) is 20.0 Å². The zero-order chi connectivity index (χ0) is 9.10. The second-order valence-corrected chi connectivity index (χ2v) is 4.43. The Balaban J connectivity index is 1.93. The molecule has 0 unspecified atom stereocenters. The third kappa shape index (κ3) is 2.19. The molecule has 2 rings (SSSR count). The van der Waals surface area contributed by atoms with Gasteiger partial charge in [0.25, 0.3) is 0 Å². The van der Waals surface area contributed by atoms with Gasteiger partial charge in [0.1, 0.15) is 0 Å². The van der Waals surface area contributed by atoms with Crippen LogP contribution in [-0.2, 0) is 5.88 Å². The first-order valence-electron chi connectivity index (χ1n) is 3.54. The normalized spacial score (nSPS) is 10.5. The molecule has 2 heterocycles. The highest BCUT2D eigenvalue weighted by atomic mass is 32.2. The Bertz CT molecular complexity index is 368. The number of hydrogen-bond acceptors (Lipinski definition) is 6. The van der Waals surface area contributed by atoms with Crippen LogP contribution in [0.3, 0.4) is 0 Å². The van der Waals surface area contributed by atoms with Gasteiger partial charge >= 0.3 is 0 Å². The zero-order valence-electron chi connectivity index (χ0n) is 6.62. The summed E-state index contributed by atoms with van der Waals surface area (Å²) < 4.78 is 2.69. The number of aromatic nitrogens is 4. The van der Waals surface area contributed by atoms with Gasteiger partial charge in [0.2, 0.25) is 5.13 Å². The van der Waals surface area contributed by atoms with E-state index in [9.17, 15) is 0 Å². The molecular weight excluding hydrogens is 206 g/mol. The lowest BCUT2D eigenvalue weighted by molar-refractivity contribution is 0.750. The molecule has 2 aromatic heterocycles. The molecule has 0 bridgehead atoms.